The van der Waals surface area contributed by atoms with Crippen molar-refractivity contribution >= 4 is 23.1 Å². The maximum Gasteiger partial charge on any atom is 0.133 e. The van der Waals surface area contributed by atoms with Crippen molar-refractivity contribution in [3.63, 3.8) is 0 Å². The van der Waals surface area contributed by atoms with Crippen LogP contribution in [0.1, 0.15) is 40.0 Å². The monoisotopic (exact) mass is 255 g/mol. The molecule has 1 rings (SSSR count). The number of nitrogens with one attached hydrogen (secondary N) is 1. The summed E-state index contributed by atoms with van der Waals surface area (Å²) in [6.45, 7) is 6.65. The van der Waals surface area contributed by atoms with Gasteiger partial charge in [-0.05, 0) is 25.3 Å². The zero-order valence-electron chi connectivity index (χ0n) is 10.8. The Hall–Kier alpha value is -0.960. The highest BCUT2D eigenvalue weighted by Gasteiger charge is 2.05. The van der Waals surface area contributed by atoms with E-state index in [0.717, 1.165) is 18.2 Å². The van der Waals surface area contributed by atoms with E-state index in [0.29, 0.717) is 16.9 Å². The van der Waals surface area contributed by atoms with Gasteiger partial charge in [0, 0.05) is 17.8 Å². The number of hydrogen-bond donors (Lipinski definition) is 2. The average Bonchev–Trinajstić information content (AvgIpc) is 2.14. The van der Waals surface area contributed by atoms with Crippen LogP contribution in [0.15, 0.2) is 12.1 Å². The van der Waals surface area contributed by atoms with Gasteiger partial charge in [-0.15, -0.1) is 0 Å². The van der Waals surface area contributed by atoms with E-state index in [1.165, 1.54) is 12.8 Å². The molecule has 0 aliphatic heterocycles. The molecule has 0 saturated carbocycles. The number of pyridine rings is 1. The molecule has 0 spiro atoms. The number of anilines is 2. The predicted molar refractivity (Wildman–Crippen MR) is 75.4 cm³/mol. The lowest BCUT2D eigenvalue weighted by Crippen LogP contribution is -2.16. The van der Waals surface area contributed by atoms with Gasteiger partial charge in [0.05, 0.1) is 0 Å². The Labute approximate surface area is 109 Å². The Morgan fingerprint density at radius 2 is 2.00 bits per heavy atom. The molecule has 0 saturated heterocycles. The molecule has 0 amide bonds. The van der Waals surface area contributed by atoms with E-state index in [4.69, 9.17) is 17.3 Å². The lowest BCUT2D eigenvalue weighted by molar-refractivity contribution is 0.520. The third kappa shape index (κ3) is 5.78. The molecular formula is C13H22ClN3. The second-order valence-electron chi connectivity index (χ2n) is 4.98. The Kier molecular flexibility index (Phi) is 5.56. The van der Waals surface area contributed by atoms with Gasteiger partial charge < -0.3 is 11.1 Å². The molecular weight excluding hydrogens is 234 g/mol. The van der Waals surface area contributed by atoms with Crippen molar-refractivity contribution in [1.29, 1.82) is 0 Å². The number of nitrogens with two attached hydrogens (primary N) is 1. The highest BCUT2D eigenvalue weighted by atomic mass is 35.5. The number of hydrogen-bond acceptors (Lipinski definition) is 3. The van der Waals surface area contributed by atoms with E-state index < -0.39 is 0 Å². The second kappa shape index (κ2) is 6.70. The fourth-order valence-electron chi connectivity index (χ4n) is 1.75. The van der Waals surface area contributed by atoms with E-state index in [1.807, 2.05) is 6.07 Å². The number of nitrogens with zero attached hydrogens (tertiary/aromatic N) is 1. The molecule has 3 N–H and O–H groups in total. The van der Waals surface area contributed by atoms with E-state index in [9.17, 15) is 0 Å². The van der Waals surface area contributed by atoms with Crippen LogP contribution >= 0.6 is 11.6 Å². The number of aromatic nitrogens is 1. The summed E-state index contributed by atoms with van der Waals surface area (Å²) in [7, 11) is 0. The van der Waals surface area contributed by atoms with Crippen molar-refractivity contribution in [2.75, 3.05) is 11.1 Å². The van der Waals surface area contributed by atoms with Crippen LogP contribution in [0.25, 0.3) is 0 Å². The predicted octanol–water partition coefficient (Wildman–Crippen LogP) is 3.94. The van der Waals surface area contributed by atoms with Crippen molar-refractivity contribution in [2.45, 2.75) is 46.1 Å². The summed E-state index contributed by atoms with van der Waals surface area (Å²) in [5.74, 6) is 1.52. The summed E-state index contributed by atoms with van der Waals surface area (Å²) in [6.07, 6.45) is 3.62. The molecule has 1 heterocycles. The topological polar surface area (TPSA) is 50.9 Å². The smallest absolute Gasteiger partial charge is 0.133 e. The first-order valence-electron chi connectivity index (χ1n) is 6.17. The fraction of sp³-hybridized carbons (Fsp3) is 0.615. The van der Waals surface area contributed by atoms with Crippen molar-refractivity contribution in [3.8, 4) is 0 Å². The number of rotatable bonds is 6. The molecule has 0 fully saturated rings. The third-order valence-corrected chi connectivity index (χ3v) is 2.82. The Morgan fingerprint density at radius 1 is 1.29 bits per heavy atom. The molecule has 17 heavy (non-hydrogen) atoms. The van der Waals surface area contributed by atoms with Gasteiger partial charge in [-0.1, -0.05) is 38.3 Å². The largest absolute Gasteiger partial charge is 0.399 e. The maximum atomic E-state index is 5.85. The molecule has 1 aromatic rings. The minimum atomic E-state index is 0.388. The van der Waals surface area contributed by atoms with Gasteiger partial charge in [0.1, 0.15) is 11.0 Å². The molecule has 96 valence electrons. The summed E-state index contributed by atoms with van der Waals surface area (Å²) in [5.41, 5.74) is 6.35. The summed E-state index contributed by atoms with van der Waals surface area (Å²) in [5, 5.41) is 3.75. The van der Waals surface area contributed by atoms with Crippen molar-refractivity contribution in [1.82, 2.24) is 4.98 Å². The van der Waals surface area contributed by atoms with Crippen molar-refractivity contribution < 1.29 is 0 Å². The van der Waals surface area contributed by atoms with Gasteiger partial charge in [-0.3, -0.25) is 0 Å². The van der Waals surface area contributed by atoms with Crippen LogP contribution in [-0.4, -0.2) is 11.0 Å². The highest BCUT2D eigenvalue weighted by molar-refractivity contribution is 6.29. The fourth-order valence-corrected chi connectivity index (χ4v) is 1.96. The summed E-state index contributed by atoms with van der Waals surface area (Å²) < 4.78 is 0. The SMILES string of the molecule is CC(C)CCCC(C)Nc1cc(N)cc(Cl)n1. The molecule has 0 bridgehead atoms. The lowest BCUT2D eigenvalue weighted by atomic mass is 10.0. The molecule has 0 radical (unpaired) electrons. The first kappa shape index (κ1) is 14.1. The quantitative estimate of drug-likeness (QED) is 0.757. The van der Waals surface area contributed by atoms with E-state index in [-0.39, 0.29) is 0 Å². The van der Waals surface area contributed by atoms with E-state index in [1.54, 1.807) is 6.07 Å². The van der Waals surface area contributed by atoms with Crippen LogP contribution in [0.2, 0.25) is 5.15 Å². The standard InChI is InChI=1S/C13H22ClN3/c1-9(2)5-4-6-10(3)16-13-8-11(15)7-12(14)17-13/h7-10H,4-6H2,1-3H3,(H3,15,16,17). The molecule has 0 aliphatic rings. The molecule has 4 heteroatoms. The second-order valence-corrected chi connectivity index (χ2v) is 5.37. The van der Waals surface area contributed by atoms with Gasteiger partial charge in [0.2, 0.25) is 0 Å². The molecule has 0 aromatic carbocycles. The average molecular weight is 256 g/mol. The molecule has 3 nitrogen and oxygen atoms in total. The summed E-state index contributed by atoms with van der Waals surface area (Å²) in [4.78, 5) is 4.19. The first-order chi connectivity index (χ1) is 7.97. The van der Waals surface area contributed by atoms with Crippen LogP contribution in [-0.2, 0) is 0 Å². The minimum absolute atomic E-state index is 0.388. The van der Waals surface area contributed by atoms with E-state index in [2.05, 4.69) is 31.1 Å². The van der Waals surface area contributed by atoms with Crippen LogP contribution < -0.4 is 11.1 Å². The zero-order valence-corrected chi connectivity index (χ0v) is 11.6. The Bertz CT molecular complexity index is 332. The van der Waals surface area contributed by atoms with Crippen LogP contribution in [0.4, 0.5) is 11.5 Å². The zero-order chi connectivity index (χ0) is 12.8. The lowest BCUT2D eigenvalue weighted by Gasteiger charge is -2.15. The highest BCUT2D eigenvalue weighted by Crippen LogP contribution is 2.18. The van der Waals surface area contributed by atoms with Crippen LogP contribution in [0, 0.1) is 5.92 Å². The third-order valence-electron chi connectivity index (χ3n) is 2.63. The van der Waals surface area contributed by atoms with Gasteiger partial charge in [-0.25, -0.2) is 4.98 Å². The maximum absolute atomic E-state index is 5.85. The molecule has 1 unspecified atom stereocenters. The Balaban J connectivity index is 2.42. The molecule has 1 atom stereocenters. The summed E-state index contributed by atoms with van der Waals surface area (Å²) in [6, 6.07) is 3.85. The van der Waals surface area contributed by atoms with Crippen molar-refractivity contribution in [3.05, 3.63) is 17.3 Å². The Morgan fingerprint density at radius 3 is 2.59 bits per heavy atom. The molecule has 1 aromatic heterocycles. The van der Waals surface area contributed by atoms with Gasteiger partial charge >= 0.3 is 0 Å². The van der Waals surface area contributed by atoms with Gasteiger partial charge in [0.15, 0.2) is 0 Å². The van der Waals surface area contributed by atoms with Crippen LogP contribution in [0.3, 0.4) is 0 Å². The van der Waals surface area contributed by atoms with E-state index >= 15 is 0 Å². The normalized spacial score (nSPS) is 12.8. The number of halogens is 1. The summed E-state index contributed by atoms with van der Waals surface area (Å²) >= 11 is 5.85. The van der Waals surface area contributed by atoms with Crippen LogP contribution in [0.5, 0.6) is 0 Å². The molecule has 0 aliphatic carbocycles. The van der Waals surface area contributed by atoms with Gasteiger partial charge in [-0.2, -0.15) is 0 Å². The van der Waals surface area contributed by atoms with Gasteiger partial charge in [0.25, 0.3) is 0 Å². The van der Waals surface area contributed by atoms with Crippen molar-refractivity contribution in [2.24, 2.45) is 5.92 Å². The minimum Gasteiger partial charge on any atom is -0.399 e. The first-order valence-corrected chi connectivity index (χ1v) is 6.54. The number of nitrogen functional groups attached to an aromatic ring is 1.